The lowest BCUT2D eigenvalue weighted by Gasteiger charge is -2.46. The molecule has 0 N–H and O–H groups in total. The molecule has 0 unspecified atom stereocenters. The van der Waals surface area contributed by atoms with Gasteiger partial charge < -0.3 is 9.80 Å². The van der Waals surface area contributed by atoms with Crippen LogP contribution in [0, 0.1) is 0 Å². The molecule has 2 aliphatic rings. The summed E-state index contributed by atoms with van der Waals surface area (Å²) in [6, 6.07) is 63.7. The van der Waals surface area contributed by atoms with E-state index in [4.69, 9.17) is 23.2 Å². The maximum Gasteiger partial charge on any atom is 0.252 e. The molecule has 0 fully saturated rings. The van der Waals surface area contributed by atoms with Crippen molar-refractivity contribution in [2.75, 3.05) is 9.80 Å². The van der Waals surface area contributed by atoms with Gasteiger partial charge in [-0.3, -0.25) is 0 Å². The number of hydrogen-bond acceptors (Lipinski definition) is 2. The first-order valence-electron chi connectivity index (χ1n) is 32.4. The van der Waals surface area contributed by atoms with Gasteiger partial charge in [0, 0.05) is 55.0 Å². The fraction of sp³-hybridized carbons (Fsp3) is 0.154. The van der Waals surface area contributed by atoms with E-state index in [1.165, 1.54) is 0 Å². The third-order valence-corrected chi connectivity index (χ3v) is 16.6. The van der Waals surface area contributed by atoms with E-state index in [2.05, 4.69) is 126 Å². The number of hydrogen-bond donors (Lipinski definition) is 0. The fourth-order valence-electron chi connectivity index (χ4n) is 11.9. The van der Waals surface area contributed by atoms with Gasteiger partial charge >= 0.3 is 0 Å². The minimum Gasteiger partial charge on any atom is -0.310 e. The zero-order valence-electron chi connectivity index (χ0n) is 56.2. The van der Waals surface area contributed by atoms with Crippen LogP contribution in [-0.2, 0) is 16.2 Å². The molecule has 11 aromatic rings. The molecular formula is C78H67BCl2N2. The first kappa shape index (κ1) is 45.2. The SMILES string of the molecule is [2H]c1c([2H])c2c(c([2H])c1Cl)N(c1c(-c3ccccc3)cc(C(C)(C)C)cc1-c1cccc(-c3ccccc3)c1)c1c([2H])c(C(C)(C)C)c([2H])c3c1B2c1c([2H])c([2H])c(Cl)c([2H])c1N3c1c(-c2ccccc2)cc(C(C)(C)C)cc1-c1cccc(-c2ccccc2)c1. The Hall–Kier alpha value is -8.34. The van der Waals surface area contributed by atoms with Crippen molar-refractivity contribution in [1.82, 2.24) is 0 Å². The summed E-state index contributed by atoms with van der Waals surface area (Å²) in [4.78, 5) is 3.84. The normalized spacial score (nSPS) is 14.3. The molecule has 2 aliphatic heterocycles. The van der Waals surface area contributed by atoms with Crippen molar-refractivity contribution in [2.24, 2.45) is 0 Å². The Balaban J connectivity index is 1.29. The van der Waals surface area contributed by atoms with Crippen LogP contribution >= 0.6 is 23.2 Å². The number of halogens is 2. The van der Waals surface area contributed by atoms with Gasteiger partial charge in [0.1, 0.15) is 0 Å². The Morgan fingerprint density at radius 1 is 0.325 bits per heavy atom. The molecule has 0 radical (unpaired) electrons. The van der Waals surface area contributed by atoms with Crippen LogP contribution in [0.25, 0.3) is 66.8 Å². The topological polar surface area (TPSA) is 6.48 Å². The smallest absolute Gasteiger partial charge is 0.252 e. The fourth-order valence-corrected chi connectivity index (χ4v) is 12.2. The monoisotopic (exact) mass is 1120 g/mol. The second-order valence-corrected chi connectivity index (χ2v) is 25.7. The molecule has 2 heterocycles. The molecule has 0 saturated heterocycles. The second-order valence-electron chi connectivity index (χ2n) is 25.0. The summed E-state index contributed by atoms with van der Waals surface area (Å²) < 4.78 is 83.6. The van der Waals surface area contributed by atoms with Crippen molar-refractivity contribution in [3.05, 3.63) is 269 Å². The first-order valence-corrected chi connectivity index (χ1v) is 29.2. The predicted octanol–water partition coefficient (Wildman–Crippen LogP) is 21.0. The van der Waals surface area contributed by atoms with Crippen LogP contribution in [0.3, 0.4) is 0 Å². The van der Waals surface area contributed by atoms with Gasteiger partial charge in [0.15, 0.2) is 0 Å². The quantitative estimate of drug-likeness (QED) is 0.140. The Labute approximate surface area is 513 Å². The highest BCUT2D eigenvalue weighted by Gasteiger charge is 2.46. The first-order chi connectivity index (χ1) is 43.3. The van der Waals surface area contributed by atoms with Crippen LogP contribution < -0.4 is 26.2 Å². The summed E-state index contributed by atoms with van der Waals surface area (Å²) >= 11 is 14.6. The summed E-state index contributed by atoms with van der Waals surface area (Å²) in [7, 11) is 0. The van der Waals surface area contributed by atoms with Gasteiger partial charge in [0.25, 0.3) is 6.71 Å². The largest absolute Gasteiger partial charge is 0.310 e. The van der Waals surface area contributed by atoms with E-state index in [0.29, 0.717) is 22.4 Å². The Morgan fingerprint density at radius 3 is 0.988 bits per heavy atom. The Bertz CT molecular complexity index is 4480. The van der Waals surface area contributed by atoms with Crippen molar-refractivity contribution < 1.29 is 11.0 Å². The van der Waals surface area contributed by atoms with Crippen molar-refractivity contribution in [2.45, 2.75) is 78.6 Å². The van der Waals surface area contributed by atoms with Gasteiger partial charge in [-0.1, -0.05) is 255 Å². The summed E-state index contributed by atoms with van der Waals surface area (Å²) in [5, 5.41) is -0.568. The molecule has 0 aliphatic carbocycles. The predicted molar refractivity (Wildman–Crippen MR) is 359 cm³/mol. The lowest BCUT2D eigenvalue weighted by Crippen LogP contribution is -2.61. The molecule has 406 valence electrons. The van der Waals surface area contributed by atoms with E-state index in [-0.39, 0.29) is 80.0 Å². The van der Waals surface area contributed by atoms with Gasteiger partial charge in [-0.25, -0.2) is 0 Å². The molecule has 83 heavy (non-hydrogen) atoms. The minimum absolute atomic E-state index is 0.0324. The van der Waals surface area contributed by atoms with Gasteiger partial charge in [-0.05, 0) is 166 Å². The molecule has 2 nitrogen and oxygen atoms in total. The van der Waals surface area contributed by atoms with Crippen LogP contribution in [0.5, 0.6) is 0 Å². The zero-order chi connectivity index (χ0) is 64.5. The molecule has 0 aromatic heterocycles. The van der Waals surface area contributed by atoms with Crippen molar-refractivity contribution in [3.8, 4) is 66.8 Å². The number of fused-ring (bicyclic) bond motifs is 4. The van der Waals surface area contributed by atoms with Crippen molar-refractivity contribution in [1.29, 1.82) is 0 Å². The van der Waals surface area contributed by atoms with Crippen molar-refractivity contribution >= 4 is 80.4 Å². The summed E-state index contributed by atoms with van der Waals surface area (Å²) in [5.41, 5.74) is 13.1. The van der Waals surface area contributed by atoms with Gasteiger partial charge in [0.2, 0.25) is 0 Å². The molecule has 0 amide bonds. The molecule has 11 aromatic carbocycles. The lowest BCUT2D eigenvalue weighted by atomic mass is 9.33. The number of benzene rings is 11. The van der Waals surface area contributed by atoms with Crippen LogP contribution in [-0.4, -0.2) is 6.71 Å². The van der Waals surface area contributed by atoms with Crippen LogP contribution in [0.4, 0.5) is 34.1 Å². The highest BCUT2D eigenvalue weighted by molar-refractivity contribution is 7.00. The average Bonchev–Trinajstić information content (AvgIpc) is 0.670. The van der Waals surface area contributed by atoms with Crippen molar-refractivity contribution in [3.63, 3.8) is 0 Å². The highest BCUT2D eigenvalue weighted by Crippen LogP contribution is 2.55. The standard InChI is InChI=1S/C78H67BCl2N2/c1-76(2,3)58-42-63(52-28-18-12-19-29-52)74(65(44-58)56-34-22-32-54(40-56)50-24-14-10-15-25-50)82-69-48-61(80)36-38-67(69)79-68-39-37-62(81)49-70(68)83(72-47-60(78(7,8)9)46-71(82)73(72)79)75-64(53-30-20-13-21-31-53)43-59(77(4,5)6)45-66(75)57-35-23-33-55(41-57)51-26-16-11-17-27-51/h10-49H,1-9H3/i36D,37D,38D,39D,46D,47D,48D,49D. The molecule has 0 bridgehead atoms. The molecule has 0 saturated carbocycles. The maximum atomic E-state index is 11.2. The Morgan fingerprint density at radius 2 is 0.639 bits per heavy atom. The third-order valence-electron chi connectivity index (χ3n) is 16.2. The van der Waals surface area contributed by atoms with E-state index in [9.17, 15) is 11.0 Å². The summed E-state index contributed by atoms with van der Waals surface area (Å²) in [6.07, 6.45) is 0. The Kier molecular flexibility index (Phi) is 11.3. The number of anilines is 6. The van der Waals surface area contributed by atoms with E-state index in [0.717, 1.165) is 77.9 Å². The number of rotatable bonds is 8. The van der Waals surface area contributed by atoms with Crippen LogP contribution in [0.1, 0.15) is 90.0 Å². The van der Waals surface area contributed by atoms with Gasteiger partial charge in [-0.2, -0.15) is 0 Å². The molecular weight excluding hydrogens is 1050 g/mol. The lowest BCUT2D eigenvalue weighted by molar-refractivity contribution is 0.590. The van der Waals surface area contributed by atoms with E-state index in [1.54, 1.807) is 0 Å². The molecule has 13 rings (SSSR count). The van der Waals surface area contributed by atoms with E-state index in [1.807, 2.05) is 140 Å². The second kappa shape index (κ2) is 20.8. The van der Waals surface area contributed by atoms with Crippen LogP contribution in [0.2, 0.25) is 10.0 Å². The zero-order valence-corrected chi connectivity index (χ0v) is 49.7. The minimum atomic E-state index is -1.33. The molecule has 0 spiro atoms. The third kappa shape index (κ3) is 9.88. The average molecular weight is 1120 g/mol. The maximum absolute atomic E-state index is 11.2. The molecule has 0 atom stereocenters. The summed E-state index contributed by atoms with van der Waals surface area (Å²) in [6.45, 7) is 17.7. The molecule has 5 heteroatoms. The highest BCUT2D eigenvalue weighted by atomic mass is 35.5. The summed E-state index contributed by atoms with van der Waals surface area (Å²) in [5.74, 6) is 0. The van der Waals surface area contributed by atoms with Gasteiger partial charge in [-0.15, -0.1) is 0 Å². The van der Waals surface area contributed by atoms with Gasteiger partial charge in [0.05, 0.1) is 22.3 Å². The number of nitrogens with zero attached hydrogens (tertiary/aromatic N) is 2. The van der Waals surface area contributed by atoms with E-state index >= 15 is 0 Å². The van der Waals surface area contributed by atoms with Crippen LogP contribution in [0.15, 0.2) is 242 Å². The van der Waals surface area contributed by atoms with E-state index < -0.39 is 35.0 Å².